The van der Waals surface area contributed by atoms with E-state index < -0.39 is 5.82 Å². The minimum Gasteiger partial charge on any atom is -0.493 e. The van der Waals surface area contributed by atoms with Crippen LogP contribution in [-0.2, 0) is 4.79 Å². The molecule has 2 aromatic rings. The first-order chi connectivity index (χ1) is 10.7. The summed E-state index contributed by atoms with van der Waals surface area (Å²) in [6.45, 7) is 0.330. The van der Waals surface area contributed by atoms with Gasteiger partial charge in [-0.25, -0.2) is 4.39 Å². The van der Waals surface area contributed by atoms with E-state index >= 15 is 0 Å². The third-order valence-electron chi connectivity index (χ3n) is 3.49. The molecule has 0 unspecified atom stereocenters. The number of carbonyl (C=O) groups is 1. The summed E-state index contributed by atoms with van der Waals surface area (Å²) in [5.74, 6) is 0.0933. The van der Waals surface area contributed by atoms with Gasteiger partial charge in [0.2, 0.25) is 0 Å². The summed E-state index contributed by atoms with van der Waals surface area (Å²) in [5, 5.41) is 2.90. The second-order valence-corrected chi connectivity index (χ2v) is 5.01. The van der Waals surface area contributed by atoms with Crippen molar-refractivity contribution in [2.75, 3.05) is 13.2 Å². The number of carbonyl (C=O) groups excluding carboxylic acids is 1. The highest BCUT2D eigenvalue weighted by Crippen LogP contribution is 2.31. The van der Waals surface area contributed by atoms with Crippen LogP contribution in [0, 0.1) is 5.82 Å². The summed E-state index contributed by atoms with van der Waals surface area (Å²) in [4.78, 5) is 12.0. The highest BCUT2D eigenvalue weighted by Gasteiger charge is 2.22. The second-order valence-electron chi connectivity index (χ2n) is 5.01. The Labute approximate surface area is 127 Å². The topological polar surface area (TPSA) is 47.6 Å². The van der Waals surface area contributed by atoms with E-state index in [1.807, 2.05) is 24.3 Å². The summed E-state index contributed by atoms with van der Waals surface area (Å²) in [6, 6.07) is 13.5. The number of rotatable bonds is 4. The molecule has 1 aliphatic heterocycles. The summed E-state index contributed by atoms with van der Waals surface area (Å²) in [6.07, 6.45) is 0.697. The lowest BCUT2D eigenvalue weighted by molar-refractivity contribution is -0.124. The Hall–Kier alpha value is -2.56. The lowest BCUT2D eigenvalue weighted by Gasteiger charge is -2.26. The predicted octanol–water partition coefficient (Wildman–Crippen LogP) is 2.84. The number of benzene rings is 2. The normalized spacial score (nSPS) is 16.3. The molecule has 0 spiro atoms. The van der Waals surface area contributed by atoms with Crippen LogP contribution in [0.4, 0.5) is 4.39 Å². The van der Waals surface area contributed by atoms with E-state index in [0.29, 0.717) is 13.0 Å². The molecule has 0 saturated carbocycles. The van der Waals surface area contributed by atoms with Gasteiger partial charge in [-0.3, -0.25) is 4.79 Å². The summed E-state index contributed by atoms with van der Waals surface area (Å²) < 4.78 is 24.2. The molecule has 0 bridgehead atoms. The molecule has 0 aromatic heterocycles. The van der Waals surface area contributed by atoms with Crippen molar-refractivity contribution in [2.45, 2.75) is 12.5 Å². The number of halogens is 1. The van der Waals surface area contributed by atoms with Crippen molar-refractivity contribution in [1.82, 2.24) is 5.32 Å². The molecular weight excluding hydrogens is 285 g/mol. The number of fused-ring (bicyclic) bond motifs is 1. The number of para-hydroxylation sites is 2. The summed E-state index contributed by atoms with van der Waals surface area (Å²) >= 11 is 0. The molecule has 1 atom stereocenters. The molecule has 0 fully saturated rings. The number of amides is 1. The lowest BCUT2D eigenvalue weighted by atomic mass is 10.0. The van der Waals surface area contributed by atoms with Crippen LogP contribution >= 0.6 is 0 Å². The molecule has 0 saturated heterocycles. The van der Waals surface area contributed by atoms with Gasteiger partial charge in [0.15, 0.2) is 18.2 Å². The van der Waals surface area contributed by atoms with Gasteiger partial charge in [0, 0.05) is 12.0 Å². The van der Waals surface area contributed by atoms with E-state index in [-0.39, 0.29) is 24.3 Å². The third-order valence-corrected chi connectivity index (χ3v) is 3.49. The number of hydrogen-bond acceptors (Lipinski definition) is 3. The van der Waals surface area contributed by atoms with Gasteiger partial charge in [0.1, 0.15) is 5.75 Å². The Bertz CT molecular complexity index is 674. The zero-order valence-corrected chi connectivity index (χ0v) is 11.9. The minimum atomic E-state index is -0.480. The Balaban J connectivity index is 1.60. The van der Waals surface area contributed by atoms with E-state index in [2.05, 4.69) is 5.32 Å². The standard InChI is InChI=1S/C17H16FNO3/c18-13-6-2-4-8-16(13)22-11-17(20)19-14-9-10-21-15-7-3-1-5-12(14)15/h1-8,14H,9-11H2,(H,19,20)/t14-/m1/s1. The van der Waals surface area contributed by atoms with Gasteiger partial charge in [0.25, 0.3) is 5.91 Å². The molecular formula is C17H16FNO3. The van der Waals surface area contributed by atoms with Crippen LogP contribution in [0.3, 0.4) is 0 Å². The zero-order valence-electron chi connectivity index (χ0n) is 11.9. The first-order valence-electron chi connectivity index (χ1n) is 7.12. The average molecular weight is 301 g/mol. The van der Waals surface area contributed by atoms with E-state index in [9.17, 15) is 9.18 Å². The Kier molecular flexibility index (Phi) is 4.23. The summed E-state index contributed by atoms with van der Waals surface area (Å²) in [7, 11) is 0. The SMILES string of the molecule is O=C(COc1ccccc1F)N[C@@H]1CCOc2ccccc21. The molecule has 4 nitrogen and oxygen atoms in total. The van der Waals surface area contributed by atoms with Crippen molar-refractivity contribution in [2.24, 2.45) is 0 Å². The molecule has 0 radical (unpaired) electrons. The maximum Gasteiger partial charge on any atom is 0.258 e. The van der Waals surface area contributed by atoms with E-state index in [1.54, 1.807) is 12.1 Å². The highest BCUT2D eigenvalue weighted by atomic mass is 19.1. The molecule has 1 heterocycles. The first kappa shape index (κ1) is 14.4. The molecule has 1 aliphatic rings. The Morgan fingerprint density at radius 2 is 2.00 bits per heavy atom. The van der Waals surface area contributed by atoms with E-state index in [4.69, 9.17) is 9.47 Å². The average Bonchev–Trinajstić information content (AvgIpc) is 2.54. The van der Waals surface area contributed by atoms with Crippen molar-refractivity contribution in [3.8, 4) is 11.5 Å². The van der Waals surface area contributed by atoms with E-state index in [0.717, 1.165) is 11.3 Å². The van der Waals surface area contributed by atoms with Crippen LogP contribution in [0.2, 0.25) is 0 Å². The fourth-order valence-corrected chi connectivity index (χ4v) is 2.43. The predicted molar refractivity (Wildman–Crippen MR) is 79.3 cm³/mol. The molecule has 1 N–H and O–H groups in total. The van der Waals surface area contributed by atoms with Crippen molar-refractivity contribution >= 4 is 5.91 Å². The van der Waals surface area contributed by atoms with E-state index in [1.165, 1.54) is 12.1 Å². The molecule has 3 rings (SSSR count). The number of hydrogen-bond donors (Lipinski definition) is 1. The van der Waals surface area contributed by atoms with Gasteiger partial charge in [-0.15, -0.1) is 0 Å². The van der Waals surface area contributed by atoms with Crippen LogP contribution in [0.25, 0.3) is 0 Å². The largest absolute Gasteiger partial charge is 0.493 e. The van der Waals surface area contributed by atoms with Crippen molar-refractivity contribution < 1.29 is 18.7 Å². The van der Waals surface area contributed by atoms with Gasteiger partial charge in [0.05, 0.1) is 12.6 Å². The van der Waals surface area contributed by atoms with Crippen LogP contribution < -0.4 is 14.8 Å². The van der Waals surface area contributed by atoms with Crippen molar-refractivity contribution in [3.05, 3.63) is 59.9 Å². The zero-order chi connectivity index (χ0) is 15.4. The maximum absolute atomic E-state index is 13.4. The second kappa shape index (κ2) is 6.47. The number of nitrogens with one attached hydrogen (secondary N) is 1. The van der Waals surface area contributed by atoms with Crippen LogP contribution in [0.15, 0.2) is 48.5 Å². The Morgan fingerprint density at radius 3 is 2.86 bits per heavy atom. The molecule has 5 heteroatoms. The molecule has 0 aliphatic carbocycles. The van der Waals surface area contributed by atoms with Gasteiger partial charge >= 0.3 is 0 Å². The maximum atomic E-state index is 13.4. The van der Waals surface area contributed by atoms with Crippen LogP contribution in [0.5, 0.6) is 11.5 Å². The monoisotopic (exact) mass is 301 g/mol. The minimum absolute atomic E-state index is 0.0741. The van der Waals surface area contributed by atoms with Crippen LogP contribution in [-0.4, -0.2) is 19.1 Å². The summed E-state index contributed by atoms with van der Waals surface area (Å²) in [5.41, 5.74) is 0.952. The van der Waals surface area contributed by atoms with Gasteiger partial charge in [-0.1, -0.05) is 30.3 Å². The molecule has 2 aromatic carbocycles. The van der Waals surface area contributed by atoms with Crippen molar-refractivity contribution in [3.63, 3.8) is 0 Å². The quantitative estimate of drug-likeness (QED) is 0.944. The molecule has 114 valence electrons. The molecule has 1 amide bonds. The highest BCUT2D eigenvalue weighted by molar-refractivity contribution is 5.78. The smallest absolute Gasteiger partial charge is 0.258 e. The molecule has 22 heavy (non-hydrogen) atoms. The number of ether oxygens (including phenoxy) is 2. The van der Waals surface area contributed by atoms with Gasteiger partial charge in [-0.2, -0.15) is 0 Å². The lowest BCUT2D eigenvalue weighted by Crippen LogP contribution is -2.35. The van der Waals surface area contributed by atoms with Gasteiger partial charge < -0.3 is 14.8 Å². The fourth-order valence-electron chi connectivity index (χ4n) is 2.43. The van der Waals surface area contributed by atoms with Crippen molar-refractivity contribution in [1.29, 1.82) is 0 Å². The van der Waals surface area contributed by atoms with Crippen LogP contribution in [0.1, 0.15) is 18.0 Å². The fraction of sp³-hybridized carbons (Fsp3) is 0.235. The first-order valence-corrected chi connectivity index (χ1v) is 7.12. The van der Waals surface area contributed by atoms with Gasteiger partial charge in [-0.05, 0) is 18.2 Å². The Morgan fingerprint density at radius 1 is 1.23 bits per heavy atom. The third kappa shape index (κ3) is 3.19.